The van der Waals surface area contributed by atoms with Crippen molar-refractivity contribution < 1.29 is 9.84 Å². The number of hydrogen-bond donors (Lipinski definition) is 1. The lowest BCUT2D eigenvalue weighted by atomic mass is 10.2. The van der Waals surface area contributed by atoms with Crippen LogP contribution in [-0.4, -0.2) is 53.0 Å². The zero-order valence-corrected chi connectivity index (χ0v) is 11.9. The molecule has 0 bridgehead atoms. The molecule has 1 aromatic heterocycles. The highest BCUT2D eigenvalue weighted by Crippen LogP contribution is 2.10. The van der Waals surface area contributed by atoms with Crippen LogP contribution in [0.4, 0.5) is 0 Å². The third-order valence-corrected chi connectivity index (χ3v) is 3.07. The van der Waals surface area contributed by atoms with Crippen molar-refractivity contribution in [1.82, 2.24) is 14.5 Å². The fourth-order valence-electron chi connectivity index (χ4n) is 2.17. The topological polar surface area (TPSA) is 50.5 Å². The first-order chi connectivity index (χ1) is 9.69. The largest absolute Gasteiger partial charge is 0.389 e. The quantitative estimate of drug-likeness (QED) is 0.828. The van der Waals surface area contributed by atoms with Crippen molar-refractivity contribution in [2.75, 3.05) is 27.3 Å². The van der Waals surface area contributed by atoms with Crippen molar-refractivity contribution in [2.45, 2.75) is 12.6 Å². The van der Waals surface area contributed by atoms with Gasteiger partial charge in [-0.05, 0) is 24.7 Å². The van der Waals surface area contributed by atoms with E-state index >= 15 is 0 Å². The first kappa shape index (κ1) is 14.7. The molecular weight excluding hydrogens is 254 g/mol. The minimum absolute atomic E-state index is 0.365. The maximum atomic E-state index is 9.69. The first-order valence-corrected chi connectivity index (χ1v) is 6.62. The van der Waals surface area contributed by atoms with E-state index in [0.717, 1.165) is 12.2 Å². The van der Waals surface area contributed by atoms with E-state index in [1.54, 1.807) is 19.6 Å². The molecule has 1 N–H and O–H groups in total. The second-order valence-corrected chi connectivity index (χ2v) is 4.94. The molecular formula is C15H21N3O2. The zero-order chi connectivity index (χ0) is 14.4. The van der Waals surface area contributed by atoms with Gasteiger partial charge >= 0.3 is 0 Å². The van der Waals surface area contributed by atoms with E-state index in [1.165, 1.54) is 5.56 Å². The van der Waals surface area contributed by atoms with Crippen LogP contribution in [0, 0.1) is 0 Å². The van der Waals surface area contributed by atoms with Gasteiger partial charge in [-0.2, -0.15) is 0 Å². The molecule has 0 radical (unpaired) electrons. The first-order valence-electron chi connectivity index (χ1n) is 6.62. The summed E-state index contributed by atoms with van der Waals surface area (Å²) in [6.07, 6.45) is 5.01. The fraction of sp³-hybridized carbons (Fsp3) is 0.400. The van der Waals surface area contributed by atoms with Crippen LogP contribution in [0.1, 0.15) is 5.56 Å². The normalized spacial score (nSPS) is 12.8. The van der Waals surface area contributed by atoms with Gasteiger partial charge in [0.15, 0.2) is 0 Å². The lowest BCUT2D eigenvalue weighted by Gasteiger charge is -2.20. The van der Waals surface area contributed by atoms with Crippen molar-refractivity contribution >= 4 is 0 Å². The predicted octanol–water partition coefficient (Wildman–Crippen LogP) is 1.31. The van der Waals surface area contributed by atoms with Gasteiger partial charge in [0.25, 0.3) is 0 Å². The lowest BCUT2D eigenvalue weighted by molar-refractivity contribution is 0.0419. The maximum Gasteiger partial charge on any atom is 0.0991 e. The second kappa shape index (κ2) is 7.19. The average molecular weight is 275 g/mol. The van der Waals surface area contributed by atoms with Gasteiger partial charge < -0.3 is 14.4 Å². The Labute approximate surface area is 119 Å². The number of methoxy groups -OCH3 is 1. The van der Waals surface area contributed by atoms with Crippen molar-refractivity contribution in [1.29, 1.82) is 0 Å². The van der Waals surface area contributed by atoms with Crippen LogP contribution in [0.15, 0.2) is 43.0 Å². The number of rotatable bonds is 7. The molecule has 20 heavy (non-hydrogen) atoms. The monoisotopic (exact) mass is 275 g/mol. The highest BCUT2D eigenvalue weighted by molar-refractivity contribution is 5.34. The van der Waals surface area contributed by atoms with Gasteiger partial charge in [0, 0.05) is 38.3 Å². The van der Waals surface area contributed by atoms with Gasteiger partial charge in [0.2, 0.25) is 0 Å². The summed E-state index contributed by atoms with van der Waals surface area (Å²) in [6, 6.07) is 8.32. The van der Waals surface area contributed by atoms with Crippen LogP contribution in [0.2, 0.25) is 0 Å². The van der Waals surface area contributed by atoms with Gasteiger partial charge in [-0.25, -0.2) is 4.98 Å². The molecule has 0 aliphatic rings. The third kappa shape index (κ3) is 4.16. The Balaban J connectivity index is 1.90. The summed E-state index contributed by atoms with van der Waals surface area (Å²) in [5.41, 5.74) is 2.30. The molecule has 0 aliphatic carbocycles. The van der Waals surface area contributed by atoms with E-state index in [2.05, 4.69) is 34.1 Å². The standard InChI is InChI=1S/C15H21N3O2/c1-17(10-15(19)11-20-2)9-13-3-5-14(6-4-13)18-8-7-16-12-18/h3-8,12,15,19H,9-11H2,1-2H3. The van der Waals surface area contributed by atoms with Crippen molar-refractivity contribution in [2.24, 2.45) is 0 Å². The Morgan fingerprint density at radius 1 is 1.35 bits per heavy atom. The summed E-state index contributed by atoms with van der Waals surface area (Å²) >= 11 is 0. The molecule has 0 fully saturated rings. The molecule has 0 saturated heterocycles. The molecule has 1 heterocycles. The number of aliphatic hydroxyl groups excluding tert-OH is 1. The number of hydrogen-bond acceptors (Lipinski definition) is 4. The molecule has 5 nitrogen and oxygen atoms in total. The fourth-order valence-corrected chi connectivity index (χ4v) is 2.17. The number of imidazole rings is 1. The number of aromatic nitrogens is 2. The Morgan fingerprint density at radius 2 is 2.10 bits per heavy atom. The smallest absolute Gasteiger partial charge is 0.0991 e. The molecule has 108 valence electrons. The summed E-state index contributed by atoms with van der Waals surface area (Å²) in [7, 11) is 3.58. The zero-order valence-electron chi connectivity index (χ0n) is 11.9. The van der Waals surface area contributed by atoms with E-state index in [9.17, 15) is 5.11 Å². The van der Waals surface area contributed by atoms with E-state index in [0.29, 0.717) is 13.2 Å². The Morgan fingerprint density at radius 3 is 2.70 bits per heavy atom. The summed E-state index contributed by atoms with van der Waals surface area (Å²) in [4.78, 5) is 6.11. The Kier molecular flexibility index (Phi) is 5.29. The van der Waals surface area contributed by atoms with E-state index < -0.39 is 6.10 Å². The van der Waals surface area contributed by atoms with E-state index in [1.807, 2.05) is 17.8 Å². The molecule has 2 rings (SSSR count). The minimum Gasteiger partial charge on any atom is -0.389 e. The average Bonchev–Trinajstić information content (AvgIpc) is 2.93. The molecule has 5 heteroatoms. The van der Waals surface area contributed by atoms with Gasteiger partial charge in [-0.3, -0.25) is 4.90 Å². The summed E-state index contributed by atoms with van der Waals surface area (Å²) in [6.45, 7) is 1.76. The molecule has 1 atom stereocenters. The highest BCUT2D eigenvalue weighted by Gasteiger charge is 2.08. The summed E-state index contributed by atoms with van der Waals surface area (Å²) in [5.74, 6) is 0. The molecule has 0 aliphatic heterocycles. The number of ether oxygens (including phenoxy) is 1. The van der Waals surface area contributed by atoms with Crippen LogP contribution < -0.4 is 0 Å². The summed E-state index contributed by atoms with van der Waals surface area (Å²) in [5, 5.41) is 9.69. The second-order valence-electron chi connectivity index (χ2n) is 4.94. The molecule has 1 unspecified atom stereocenters. The van der Waals surface area contributed by atoms with E-state index in [-0.39, 0.29) is 0 Å². The molecule has 0 saturated carbocycles. The van der Waals surface area contributed by atoms with Crippen LogP contribution in [0.25, 0.3) is 5.69 Å². The highest BCUT2D eigenvalue weighted by atomic mass is 16.5. The van der Waals surface area contributed by atoms with E-state index in [4.69, 9.17) is 4.74 Å². The number of aliphatic hydroxyl groups is 1. The third-order valence-electron chi connectivity index (χ3n) is 3.07. The number of likely N-dealkylation sites (N-methyl/N-ethyl adjacent to an activating group) is 1. The molecule has 0 amide bonds. The molecule has 1 aromatic carbocycles. The molecule has 0 spiro atoms. The maximum absolute atomic E-state index is 9.69. The SMILES string of the molecule is COCC(O)CN(C)Cc1ccc(-n2ccnc2)cc1. The number of benzene rings is 1. The minimum atomic E-state index is -0.449. The van der Waals surface area contributed by atoms with Crippen LogP contribution in [0.3, 0.4) is 0 Å². The van der Waals surface area contributed by atoms with Crippen molar-refractivity contribution in [3.05, 3.63) is 48.5 Å². The van der Waals surface area contributed by atoms with Gasteiger partial charge in [0.05, 0.1) is 19.0 Å². The summed E-state index contributed by atoms with van der Waals surface area (Å²) < 4.78 is 6.89. The van der Waals surface area contributed by atoms with Gasteiger partial charge in [0.1, 0.15) is 0 Å². The lowest BCUT2D eigenvalue weighted by Crippen LogP contribution is -2.31. The van der Waals surface area contributed by atoms with Crippen LogP contribution in [0.5, 0.6) is 0 Å². The Bertz CT molecular complexity index is 496. The number of nitrogens with zero attached hydrogens (tertiary/aromatic N) is 3. The molecule has 2 aromatic rings. The van der Waals surface area contributed by atoms with Crippen molar-refractivity contribution in [3.8, 4) is 5.69 Å². The van der Waals surface area contributed by atoms with Gasteiger partial charge in [-0.1, -0.05) is 12.1 Å². The van der Waals surface area contributed by atoms with Gasteiger partial charge in [-0.15, -0.1) is 0 Å². The predicted molar refractivity (Wildman–Crippen MR) is 77.8 cm³/mol. The van der Waals surface area contributed by atoms with Crippen molar-refractivity contribution in [3.63, 3.8) is 0 Å². The van der Waals surface area contributed by atoms with Crippen LogP contribution in [-0.2, 0) is 11.3 Å². The Hall–Kier alpha value is -1.69. The van der Waals surface area contributed by atoms with Crippen LogP contribution >= 0.6 is 0 Å².